The highest BCUT2D eigenvalue weighted by molar-refractivity contribution is 7.14. The Bertz CT molecular complexity index is 1270. The zero-order chi connectivity index (χ0) is 20.4. The molecule has 4 aromatic rings. The fourth-order valence-corrected chi connectivity index (χ4v) is 3.52. The summed E-state index contributed by atoms with van der Waals surface area (Å²) in [5, 5.41) is 5.14. The number of hydrogen-bond acceptors (Lipinski definition) is 5. The molecule has 9 heteroatoms. The Morgan fingerprint density at radius 3 is 2.76 bits per heavy atom. The van der Waals surface area contributed by atoms with Crippen LogP contribution in [0.15, 0.2) is 52.6 Å². The Kier molecular flexibility index (Phi) is 5.13. The number of nitrogens with zero attached hydrogens (tertiary/aromatic N) is 2. The molecule has 29 heavy (non-hydrogen) atoms. The van der Waals surface area contributed by atoms with Crippen molar-refractivity contribution in [2.75, 3.05) is 5.32 Å². The molecule has 0 bridgehead atoms. The van der Waals surface area contributed by atoms with Gasteiger partial charge in [0.25, 0.3) is 5.56 Å². The minimum Gasteiger partial charge on any atom is -0.310 e. The van der Waals surface area contributed by atoms with Gasteiger partial charge in [-0.15, -0.1) is 11.3 Å². The van der Waals surface area contributed by atoms with Crippen molar-refractivity contribution < 1.29 is 13.6 Å². The zero-order valence-electron chi connectivity index (χ0n) is 14.9. The van der Waals surface area contributed by atoms with E-state index in [4.69, 9.17) is 0 Å². The van der Waals surface area contributed by atoms with E-state index in [0.717, 1.165) is 12.1 Å². The number of aromatic amines is 1. The van der Waals surface area contributed by atoms with Crippen LogP contribution in [0.1, 0.15) is 12.2 Å². The molecule has 0 atom stereocenters. The number of carbonyl (C=O) groups is 1. The van der Waals surface area contributed by atoms with E-state index < -0.39 is 11.6 Å². The predicted molar refractivity (Wildman–Crippen MR) is 107 cm³/mol. The van der Waals surface area contributed by atoms with Gasteiger partial charge in [0, 0.05) is 23.8 Å². The average molecular weight is 412 g/mol. The van der Waals surface area contributed by atoms with Crippen LogP contribution in [-0.2, 0) is 11.2 Å². The summed E-state index contributed by atoms with van der Waals surface area (Å²) < 4.78 is 26.4. The van der Waals surface area contributed by atoms with Gasteiger partial charge in [0.05, 0.1) is 16.6 Å². The van der Waals surface area contributed by atoms with Gasteiger partial charge >= 0.3 is 0 Å². The molecule has 0 spiro atoms. The van der Waals surface area contributed by atoms with Crippen molar-refractivity contribution in [3.8, 4) is 11.3 Å². The Hall–Kier alpha value is -3.46. The van der Waals surface area contributed by atoms with Crippen LogP contribution in [0.3, 0.4) is 0 Å². The van der Waals surface area contributed by atoms with Gasteiger partial charge in [0.15, 0.2) is 16.8 Å². The average Bonchev–Trinajstić information content (AvgIpc) is 3.17. The number of anilines is 1. The van der Waals surface area contributed by atoms with Gasteiger partial charge in [0.1, 0.15) is 5.82 Å². The monoisotopic (exact) mass is 412 g/mol. The molecule has 2 aromatic heterocycles. The van der Waals surface area contributed by atoms with Gasteiger partial charge in [-0.3, -0.25) is 9.59 Å². The lowest BCUT2D eigenvalue weighted by Crippen LogP contribution is -2.16. The van der Waals surface area contributed by atoms with Crippen LogP contribution < -0.4 is 10.9 Å². The maximum Gasteiger partial charge on any atom is 0.258 e. The molecule has 0 radical (unpaired) electrons. The highest BCUT2D eigenvalue weighted by Gasteiger charge is 2.11. The van der Waals surface area contributed by atoms with E-state index in [9.17, 15) is 18.4 Å². The lowest BCUT2D eigenvalue weighted by molar-refractivity contribution is -0.116. The van der Waals surface area contributed by atoms with E-state index in [-0.39, 0.29) is 24.3 Å². The van der Waals surface area contributed by atoms with Gasteiger partial charge < -0.3 is 10.3 Å². The summed E-state index contributed by atoms with van der Waals surface area (Å²) >= 11 is 1.18. The van der Waals surface area contributed by atoms with Crippen LogP contribution in [0.2, 0.25) is 0 Å². The highest BCUT2D eigenvalue weighted by atomic mass is 32.1. The number of halogens is 2. The Labute approximate surface area is 167 Å². The summed E-state index contributed by atoms with van der Waals surface area (Å²) in [6.07, 6.45) is 0.356. The van der Waals surface area contributed by atoms with E-state index in [1.807, 2.05) is 0 Å². The molecule has 0 unspecified atom stereocenters. The minimum absolute atomic E-state index is 0.0986. The summed E-state index contributed by atoms with van der Waals surface area (Å²) in [6, 6.07) is 10.5. The van der Waals surface area contributed by atoms with Gasteiger partial charge in [-0.2, -0.15) is 0 Å². The molecule has 0 aliphatic heterocycles. The third kappa shape index (κ3) is 4.19. The number of aromatic nitrogens is 3. The Balaban J connectivity index is 1.41. The van der Waals surface area contributed by atoms with Crippen molar-refractivity contribution >= 4 is 33.3 Å². The Morgan fingerprint density at radius 2 is 1.93 bits per heavy atom. The summed E-state index contributed by atoms with van der Waals surface area (Å²) in [5.74, 6) is -1.77. The van der Waals surface area contributed by atoms with Gasteiger partial charge in [-0.25, -0.2) is 18.7 Å². The molecule has 146 valence electrons. The van der Waals surface area contributed by atoms with Crippen LogP contribution in [0.4, 0.5) is 13.9 Å². The molecule has 4 rings (SSSR count). The smallest absolute Gasteiger partial charge is 0.258 e. The predicted octanol–water partition coefficient (Wildman–Crippen LogP) is 3.90. The molecule has 2 aromatic carbocycles. The number of fused-ring (bicyclic) bond motifs is 1. The minimum atomic E-state index is -0.960. The second-order valence-electron chi connectivity index (χ2n) is 6.24. The Morgan fingerprint density at radius 1 is 1.10 bits per heavy atom. The normalized spacial score (nSPS) is 11.0. The molecule has 2 N–H and O–H groups in total. The molecule has 0 aliphatic rings. The first-order valence-corrected chi connectivity index (χ1v) is 9.56. The van der Waals surface area contributed by atoms with Crippen LogP contribution in [0.25, 0.3) is 22.2 Å². The number of para-hydroxylation sites is 1. The third-order valence-corrected chi connectivity index (χ3v) is 4.97. The summed E-state index contributed by atoms with van der Waals surface area (Å²) in [7, 11) is 0. The van der Waals surface area contributed by atoms with Crippen molar-refractivity contribution in [1.82, 2.24) is 15.0 Å². The van der Waals surface area contributed by atoms with Gasteiger partial charge in [0.2, 0.25) is 5.91 Å². The van der Waals surface area contributed by atoms with Crippen molar-refractivity contribution in [2.45, 2.75) is 12.8 Å². The van der Waals surface area contributed by atoms with Crippen LogP contribution in [0, 0.1) is 11.6 Å². The van der Waals surface area contributed by atoms with Crippen molar-refractivity contribution in [1.29, 1.82) is 0 Å². The number of rotatable bonds is 5. The van der Waals surface area contributed by atoms with Crippen LogP contribution >= 0.6 is 11.3 Å². The number of thiazole rings is 1. The quantitative estimate of drug-likeness (QED) is 0.521. The summed E-state index contributed by atoms with van der Waals surface area (Å²) in [5.41, 5.74) is 1.17. The molecule has 6 nitrogen and oxygen atoms in total. The first-order valence-electron chi connectivity index (χ1n) is 8.68. The van der Waals surface area contributed by atoms with Crippen molar-refractivity contribution in [3.05, 3.63) is 75.7 Å². The maximum atomic E-state index is 13.4. The topological polar surface area (TPSA) is 87.7 Å². The lowest BCUT2D eigenvalue weighted by atomic mass is 10.2. The summed E-state index contributed by atoms with van der Waals surface area (Å²) in [6.45, 7) is 0. The van der Waals surface area contributed by atoms with E-state index >= 15 is 0 Å². The fourth-order valence-electron chi connectivity index (χ4n) is 2.79. The van der Waals surface area contributed by atoms with Crippen molar-refractivity contribution in [2.24, 2.45) is 0 Å². The number of nitrogens with one attached hydrogen (secondary N) is 2. The first kappa shape index (κ1) is 18.9. The van der Waals surface area contributed by atoms with E-state index in [2.05, 4.69) is 20.3 Å². The zero-order valence-corrected chi connectivity index (χ0v) is 15.7. The highest BCUT2D eigenvalue weighted by Crippen LogP contribution is 2.26. The number of H-pyrrole nitrogens is 1. The van der Waals surface area contributed by atoms with E-state index in [1.54, 1.807) is 29.6 Å². The second kappa shape index (κ2) is 7.88. The third-order valence-electron chi connectivity index (χ3n) is 4.22. The number of carbonyl (C=O) groups excluding carboxylic acids is 1. The molecular weight excluding hydrogens is 398 g/mol. The number of aryl methyl sites for hydroxylation is 1. The fraction of sp³-hybridized carbons (Fsp3) is 0.100. The largest absolute Gasteiger partial charge is 0.310 e. The molecule has 1 amide bonds. The van der Waals surface area contributed by atoms with Crippen LogP contribution in [-0.4, -0.2) is 20.9 Å². The van der Waals surface area contributed by atoms with Gasteiger partial charge in [-0.05, 0) is 30.3 Å². The van der Waals surface area contributed by atoms with Gasteiger partial charge in [-0.1, -0.05) is 12.1 Å². The number of benzene rings is 2. The van der Waals surface area contributed by atoms with Crippen molar-refractivity contribution in [3.63, 3.8) is 0 Å². The number of amides is 1. The second-order valence-corrected chi connectivity index (χ2v) is 7.10. The first-order chi connectivity index (χ1) is 14.0. The summed E-state index contributed by atoms with van der Waals surface area (Å²) in [4.78, 5) is 35.5. The van der Waals surface area contributed by atoms with E-state index in [0.29, 0.717) is 33.1 Å². The van der Waals surface area contributed by atoms with Crippen LogP contribution in [0.5, 0.6) is 0 Å². The molecule has 0 saturated carbocycles. The number of hydrogen-bond donors (Lipinski definition) is 2. The molecule has 2 heterocycles. The molecule has 0 saturated heterocycles. The molecular formula is C20H14F2N4O2S. The lowest BCUT2D eigenvalue weighted by Gasteiger charge is -2.03. The molecule has 0 aliphatic carbocycles. The molecule has 0 fully saturated rings. The van der Waals surface area contributed by atoms with E-state index in [1.165, 1.54) is 17.4 Å². The standard InChI is InChI=1S/C20H14F2N4O2S/c21-13-6-5-11(9-14(13)22)16-10-29-20(24-16)26-18(27)8-7-17-23-15-4-2-1-3-12(15)19(28)25-17/h1-6,9-10H,7-8H2,(H,23,25,28)(H,24,26,27). The maximum absolute atomic E-state index is 13.4. The SMILES string of the molecule is O=C(CCc1nc2ccccc2c(=O)[nH]1)Nc1nc(-c2ccc(F)c(F)c2)cs1.